The number of carboxylic acids is 1. The normalized spacial score (nSPS) is 43.6. The monoisotopic (exact) mass is 534 g/mol. The van der Waals surface area contributed by atoms with Crippen molar-refractivity contribution in [3.63, 3.8) is 0 Å². The van der Waals surface area contributed by atoms with E-state index in [2.05, 4.69) is 0 Å². The first-order valence-corrected chi connectivity index (χ1v) is 14.1. The molecule has 0 aliphatic heterocycles. The van der Waals surface area contributed by atoms with Gasteiger partial charge in [-0.15, -0.1) is 0 Å². The molecule has 0 saturated heterocycles. The van der Waals surface area contributed by atoms with Crippen LogP contribution in [0.2, 0.25) is 0 Å². The third kappa shape index (κ3) is 3.88. The molecule has 4 aliphatic rings. The molecule has 2 fully saturated rings. The van der Waals surface area contributed by atoms with Crippen LogP contribution in [0.25, 0.3) is 0 Å². The number of hydrogen-bond acceptors (Lipinski definition) is 7. The summed E-state index contributed by atoms with van der Waals surface area (Å²) in [5.74, 6) is -2.87. The zero-order chi connectivity index (χ0) is 28.8. The second kappa shape index (κ2) is 8.95. The van der Waals surface area contributed by atoms with E-state index in [1.807, 2.05) is 34.6 Å². The number of ketones is 2. The maximum Gasteiger partial charge on any atom is 0.306 e. The lowest BCUT2D eigenvalue weighted by Crippen LogP contribution is -2.61. The summed E-state index contributed by atoms with van der Waals surface area (Å²) in [5.41, 5.74) is -3.75. The van der Waals surface area contributed by atoms with Gasteiger partial charge in [0.2, 0.25) is 0 Å². The van der Waals surface area contributed by atoms with E-state index in [-0.39, 0.29) is 43.2 Å². The Morgan fingerprint density at radius 3 is 2.32 bits per heavy atom. The van der Waals surface area contributed by atoms with Gasteiger partial charge in [-0.25, -0.2) is 0 Å². The van der Waals surface area contributed by atoms with Gasteiger partial charge >= 0.3 is 5.97 Å². The van der Waals surface area contributed by atoms with Crippen molar-refractivity contribution in [1.82, 2.24) is 0 Å². The van der Waals surface area contributed by atoms with Crippen molar-refractivity contribution in [1.29, 1.82) is 0 Å². The molecule has 4 aliphatic carbocycles. The molecule has 5 N–H and O–H groups in total. The van der Waals surface area contributed by atoms with Gasteiger partial charge in [0.25, 0.3) is 0 Å². The molecule has 0 spiro atoms. The third-order valence-electron chi connectivity index (χ3n) is 11.7. The second-order valence-electron chi connectivity index (χ2n) is 14.4. The highest BCUT2D eigenvalue weighted by Crippen LogP contribution is 2.71. The van der Waals surface area contributed by atoms with E-state index in [4.69, 9.17) is 0 Å². The molecule has 0 aromatic heterocycles. The van der Waals surface area contributed by atoms with Gasteiger partial charge in [-0.1, -0.05) is 34.6 Å². The van der Waals surface area contributed by atoms with Crippen LogP contribution in [0.1, 0.15) is 93.4 Å². The summed E-state index contributed by atoms with van der Waals surface area (Å²) in [6.07, 6.45) is -1.30. The van der Waals surface area contributed by atoms with Gasteiger partial charge < -0.3 is 25.5 Å². The van der Waals surface area contributed by atoms with Crippen LogP contribution in [0, 0.1) is 39.4 Å². The van der Waals surface area contributed by atoms with Gasteiger partial charge in [-0.05, 0) is 67.3 Å². The summed E-state index contributed by atoms with van der Waals surface area (Å²) >= 11 is 0. The largest absolute Gasteiger partial charge is 0.481 e. The Morgan fingerprint density at radius 2 is 1.74 bits per heavy atom. The molecule has 2 saturated carbocycles. The molecule has 4 rings (SSSR count). The molecule has 0 bridgehead atoms. The summed E-state index contributed by atoms with van der Waals surface area (Å²) in [6.45, 7) is 12.7. The number of aliphatic carboxylic acids is 1. The average Bonchev–Trinajstić information content (AvgIpc) is 2.99. The van der Waals surface area contributed by atoms with E-state index in [0.29, 0.717) is 30.4 Å². The number of carbonyl (C=O) groups excluding carboxylic acids is 2. The number of rotatable bonds is 6. The van der Waals surface area contributed by atoms with Crippen molar-refractivity contribution in [3.8, 4) is 0 Å². The minimum Gasteiger partial charge on any atom is -0.481 e. The first kappa shape index (κ1) is 29.4. The molecule has 0 aromatic rings. The van der Waals surface area contributed by atoms with E-state index in [1.54, 1.807) is 6.92 Å². The molecule has 38 heavy (non-hydrogen) atoms. The Morgan fingerprint density at radius 1 is 1.13 bits per heavy atom. The fourth-order valence-electron chi connectivity index (χ4n) is 9.35. The lowest BCUT2D eigenvalue weighted by atomic mass is 9.42. The van der Waals surface area contributed by atoms with Crippen LogP contribution in [0.4, 0.5) is 0 Å². The molecule has 214 valence electrons. The summed E-state index contributed by atoms with van der Waals surface area (Å²) in [4.78, 5) is 39.3. The predicted octanol–water partition coefficient (Wildman–Crippen LogP) is 3.04. The smallest absolute Gasteiger partial charge is 0.306 e. The molecule has 0 heterocycles. The number of carboxylic acid groups (broad SMARTS) is 1. The summed E-state index contributed by atoms with van der Waals surface area (Å²) in [7, 11) is 0. The number of aliphatic hydroxyl groups is 4. The molecular weight excluding hydrogens is 488 g/mol. The summed E-state index contributed by atoms with van der Waals surface area (Å²) in [6, 6.07) is 0. The number of allylic oxidation sites excluding steroid dienone is 1. The Balaban J connectivity index is 1.78. The fourth-order valence-corrected chi connectivity index (χ4v) is 9.35. The van der Waals surface area contributed by atoms with Gasteiger partial charge in [0.05, 0.1) is 35.2 Å². The first-order chi connectivity index (χ1) is 17.2. The minimum absolute atomic E-state index is 0.00232. The van der Waals surface area contributed by atoms with Crippen molar-refractivity contribution < 1.29 is 39.9 Å². The van der Waals surface area contributed by atoms with E-state index < -0.39 is 63.4 Å². The molecular formula is C30H46O8. The van der Waals surface area contributed by atoms with Crippen molar-refractivity contribution in [3.05, 3.63) is 11.1 Å². The lowest BCUT2D eigenvalue weighted by Gasteiger charge is -2.62. The standard InChI is InChI=1S/C30H46O8/c1-15(25(36)37)10-16(31)13-29(6,38)20-12-22(35)30(7)24-17(32)11-19-26(2,3)21(34)8-9-27(19,4)23(24)18(33)14-28(20,30)5/h15-17,19-21,31-32,34,38H,8-14H2,1-7H3,(H,36,37)/t15?,16?,17-,19-,20-,21-,27-,28+,29-,30-/m0/s1. The SMILES string of the molecule is CC(CC(O)C[C@](C)(O)[C@H]1CC(=O)[C@@]2(C)C3=C(C(=O)C[C@]12C)[C@@]1(C)CC[C@H](O)C(C)(C)[C@@H]1C[C@@H]3O)C(=O)O. The molecule has 0 radical (unpaired) electrons. The molecule has 0 amide bonds. The maximum atomic E-state index is 14.1. The summed E-state index contributed by atoms with van der Waals surface area (Å²) in [5, 5.41) is 54.0. The molecule has 0 aromatic carbocycles. The Labute approximate surface area is 225 Å². The van der Waals surface area contributed by atoms with E-state index in [9.17, 15) is 39.9 Å². The highest BCUT2D eigenvalue weighted by molar-refractivity contribution is 6.05. The topological polar surface area (TPSA) is 152 Å². The van der Waals surface area contributed by atoms with Gasteiger partial charge in [-0.3, -0.25) is 14.4 Å². The number of fused-ring (bicyclic) bond motifs is 4. The average molecular weight is 535 g/mol. The van der Waals surface area contributed by atoms with Crippen LogP contribution in [0.15, 0.2) is 11.1 Å². The van der Waals surface area contributed by atoms with Crippen LogP contribution in [0.5, 0.6) is 0 Å². The first-order valence-electron chi connectivity index (χ1n) is 14.1. The predicted molar refractivity (Wildman–Crippen MR) is 140 cm³/mol. The lowest BCUT2D eigenvalue weighted by molar-refractivity contribution is -0.148. The Bertz CT molecular complexity index is 1070. The van der Waals surface area contributed by atoms with E-state index in [0.717, 1.165) is 0 Å². The second-order valence-corrected chi connectivity index (χ2v) is 14.4. The third-order valence-corrected chi connectivity index (χ3v) is 11.7. The van der Waals surface area contributed by atoms with Gasteiger partial charge in [0, 0.05) is 30.8 Å². The molecule has 8 nitrogen and oxygen atoms in total. The van der Waals surface area contributed by atoms with Crippen LogP contribution in [-0.2, 0) is 14.4 Å². The number of carbonyl (C=O) groups is 3. The molecule has 2 unspecified atom stereocenters. The van der Waals surface area contributed by atoms with Crippen molar-refractivity contribution >= 4 is 17.5 Å². The van der Waals surface area contributed by atoms with Crippen LogP contribution >= 0.6 is 0 Å². The molecule has 10 atom stereocenters. The Hall–Kier alpha value is -1.61. The van der Waals surface area contributed by atoms with Crippen molar-refractivity contribution in [2.75, 3.05) is 0 Å². The van der Waals surface area contributed by atoms with Crippen LogP contribution in [-0.4, -0.2) is 67.0 Å². The van der Waals surface area contributed by atoms with Gasteiger partial charge in [-0.2, -0.15) is 0 Å². The van der Waals surface area contributed by atoms with Gasteiger partial charge in [0.15, 0.2) is 5.78 Å². The Kier molecular flexibility index (Phi) is 6.92. The van der Waals surface area contributed by atoms with Crippen LogP contribution in [0.3, 0.4) is 0 Å². The number of aliphatic hydroxyl groups excluding tert-OH is 3. The van der Waals surface area contributed by atoms with E-state index in [1.165, 1.54) is 6.92 Å². The van der Waals surface area contributed by atoms with Crippen LogP contribution < -0.4 is 0 Å². The highest BCUT2D eigenvalue weighted by Gasteiger charge is 2.71. The van der Waals surface area contributed by atoms with Crippen molar-refractivity contribution in [2.24, 2.45) is 39.4 Å². The van der Waals surface area contributed by atoms with E-state index >= 15 is 0 Å². The summed E-state index contributed by atoms with van der Waals surface area (Å²) < 4.78 is 0. The maximum absolute atomic E-state index is 14.1. The quantitative estimate of drug-likeness (QED) is 0.349. The highest BCUT2D eigenvalue weighted by atomic mass is 16.4. The minimum atomic E-state index is -1.54. The number of Topliss-reactive ketones (excluding diaryl/α,β-unsaturated/α-hetero) is 2. The molecule has 8 heteroatoms. The van der Waals surface area contributed by atoms with Crippen molar-refractivity contribution in [2.45, 2.75) is 117 Å². The zero-order valence-corrected chi connectivity index (χ0v) is 23.9. The zero-order valence-electron chi connectivity index (χ0n) is 23.9. The number of hydrogen-bond donors (Lipinski definition) is 5. The van der Waals surface area contributed by atoms with Gasteiger partial charge in [0.1, 0.15) is 5.78 Å². The fraction of sp³-hybridized carbons (Fsp3) is 0.833.